The summed E-state index contributed by atoms with van der Waals surface area (Å²) in [6.07, 6.45) is 2.01. The summed E-state index contributed by atoms with van der Waals surface area (Å²) in [6.45, 7) is 5.57. The summed E-state index contributed by atoms with van der Waals surface area (Å²) in [4.78, 5) is 15.6. The molecule has 0 unspecified atom stereocenters. The van der Waals surface area contributed by atoms with E-state index < -0.39 is 0 Å². The fourth-order valence-electron chi connectivity index (χ4n) is 2.74. The molecule has 1 atom stereocenters. The lowest BCUT2D eigenvalue weighted by Gasteiger charge is -2.23. The number of aromatic amines is 1. The Balaban J connectivity index is 1.80. The molecule has 20 heavy (non-hydrogen) atoms. The van der Waals surface area contributed by atoms with Crippen LogP contribution in [0.4, 0.5) is 0 Å². The molecule has 0 aliphatic carbocycles. The molecule has 4 heteroatoms. The first-order chi connectivity index (χ1) is 9.65. The second-order valence-corrected chi connectivity index (χ2v) is 5.52. The van der Waals surface area contributed by atoms with Crippen LogP contribution in [0.5, 0.6) is 0 Å². The predicted octanol–water partition coefficient (Wildman–Crippen LogP) is 2.69. The van der Waals surface area contributed by atoms with Crippen LogP contribution in [-0.2, 0) is 4.74 Å². The molecule has 1 aromatic carbocycles. The van der Waals surface area contributed by atoms with Gasteiger partial charge in [0.05, 0.1) is 12.6 Å². The molecule has 0 radical (unpaired) electrons. The van der Waals surface area contributed by atoms with Crippen LogP contribution in [-0.4, -0.2) is 30.1 Å². The molecule has 0 saturated carbocycles. The summed E-state index contributed by atoms with van der Waals surface area (Å²) in [5, 5.41) is 4.22. The van der Waals surface area contributed by atoms with Crippen molar-refractivity contribution in [2.75, 3.05) is 13.2 Å². The summed E-state index contributed by atoms with van der Waals surface area (Å²) in [7, 11) is 0. The van der Waals surface area contributed by atoms with Crippen molar-refractivity contribution in [3.8, 4) is 0 Å². The normalized spacial score (nSPS) is 19.2. The third-order valence-corrected chi connectivity index (χ3v) is 4.07. The molecule has 2 aromatic rings. The number of carbonyl (C=O) groups is 1. The Morgan fingerprint density at radius 1 is 1.40 bits per heavy atom. The third kappa shape index (κ3) is 2.43. The molecule has 0 spiro atoms. The standard InChI is InChI=1S/C16H20N2O2/c1-10-11(2)17-15-8-12(5-6-14(10)15)16(19)18-13-4-3-7-20-9-13/h5-6,8,13,17H,3-4,7,9H2,1-2H3,(H,18,19)/t13-/m1/s1. The van der Waals surface area contributed by atoms with E-state index in [1.54, 1.807) is 0 Å². The van der Waals surface area contributed by atoms with Crippen molar-refractivity contribution in [2.45, 2.75) is 32.7 Å². The van der Waals surface area contributed by atoms with Gasteiger partial charge in [-0.25, -0.2) is 0 Å². The number of aromatic nitrogens is 1. The number of H-pyrrole nitrogens is 1. The van der Waals surface area contributed by atoms with Gasteiger partial charge in [-0.15, -0.1) is 0 Å². The van der Waals surface area contributed by atoms with Crippen LogP contribution in [0.1, 0.15) is 34.5 Å². The molecule has 106 valence electrons. The largest absolute Gasteiger partial charge is 0.379 e. The maximum atomic E-state index is 12.3. The second-order valence-electron chi connectivity index (χ2n) is 5.52. The van der Waals surface area contributed by atoms with Crippen molar-refractivity contribution in [1.82, 2.24) is 10.3 Å². The van der Waals surface area contributed by atoms with Crippen molar-refractivity contribution < 1.29 is 9.53 Å². The lowest BCUT2D eigenvalue weighted by atomic mass is 10.1. The lowest BCUT2D eigenvalue weighted by molar-refractivity contribution is 0.0624. The van der Waals surface area contributed by atoms with Gasteiger partial charge in [0, 0.05) is 28.8 Å². The lowest BCUT2D eigenvalue weighted by Crippen LogP contribution is -2.40. The quantitative estimate of drug-likeness (QED) is 0.883. The first kappa shape index (κ1) is 13.2. The second kappa shape index (κ2) is 5.29. The number of nitrogens with one attached hydrogen (secondary N) is 2. The summed E-state index contributed by atoms with van der Waals surface area (Å²) in [5.74, 6) is -0.0210. The molecular weight excluding hydrogens is 252 g/mol. The average Bonchev–Trinajstić information content (AvgIpc) is 2.74. The van der Waals surface area contributed by atoms with Crippen LogP contribution in [0.3, 0.4) is 0 Å². The first-order valence-corrected chi connectivity index (χ1v) is 7.12. The van der Waals surface area contributed by atoms with E-state index in [1.807, 2.05) is 18.2 Å². The maximum Gasteiger partial charge on any atom is 0.251 e. The average molecular weight is 272 g/mol. The number of carbonyl (C=O) groups excluding carboxylic acids is 1. The first-order valence-electron chi connectivity index (χ1n) is 7.12. The Hall–Kier alpha value is -1.81. The summed E-state index contributed by atoms with van der Waals surface area (Å²) in [6, 6.07) is 5.97. The number of aryl methyl sites for hydroxylation is 2. The summed E-state index contributed by atoms with van der Waals surface area (Å²) >= 11 is 0. The topological polar surface area (TPSA) is 54.1 Å². The monoisotopic (exact) mass is 272 g/mol. The number of hydrogen-bond donors (Lipinski definition) is 2. The summed E-state index contributed by atoms with van der Waals surface area (Å²) in [5.41, 5.74) is 4.11. The molecule has 2 N–H and O–H groups in total. The smallest absolute Gasteiger partial charge is 0.251 e. The predicted molar refractivity (Wildman–Crippen MR) is 79.1 cm³/mol. The van der Waals surface area contributed by atoms with Gasteiger partial charge in [-0.3, -0.25) is 4.79 Å². The van der Waals surface area contributed by atoms with E-state index in [-0.39, 0.29) is 11.9 Å². The van der Waals surface area contributed by atoms with Crippen molar-refractivity contribution in [3.05, 3.63) is 35.0 Å². The molecule has 1 aliphatic heterocycles. The SMILES string of the molecule is Cc1[nH]c2cc(C(=O)N[C@@H]3CCCOC3)ccc2c1C. The number of amides is 1. The van der Waals surface area contributed by atoms with Gasteiger partial charge in [0.2, 0.25) is 0 Å². The number of hydrogen-bond acceptors (Lipinski definition) is 2. The van der Waals surface area contributed by atoms with Gasteiger partial charge in [-0.2, -0.15) is 0 Å². The zero-order chi connectivity index (χ0) is 14.1. The van der Waals surface area contributed by atoms with E-state index >= 15 is 0 Å². The van der Waals surface area contributed by atoms with Crippen molar-refractivity contribution in [2.24, 2.45) is 0 Å². The van der Waals surface area contributed by atoms with E-state index in [1.165, 1.54) is 10.9 Å². The minimum absolute atomic E-state index is 0.0210. The van der Waals surface area contributed by atoms with Crippen LogP contribution in [0.25, 0.3) is 10.9 Å². The maximum absolute atomic E-state index is 12.3. The molecule has 1 amide bonds. The highest BCUT2D eigenvalue weighted by atomic mass is 16.5. The van der Waals surface area contributed by atoms with Crippen LogP contribution in [0, 0.1) is 13.8 Å². The molecular formula is C16H20N2O2. The Morgan fingerprint density at radius 2 is 2.25 bits per heavy atom. The number of benzene rings is 1. The van der Waals surface area contributed by atoms with Crippen LogP contribution < -0.4 is 5.32 Å². The van der Waals surface area contributed by atoms with Crippen molar-refractivity contribution in [1.29, 1.82) is 0 Å². The summed E-state index contributed by atoms with van der Waals surface area (Å²) < 4.78 is 5.39. The highest BCUT2D eigenvalue weighted by Gasteiger charge is 2.17. The van der Waals surface area contributed by atoms with Crippen LogP contribution in [0.15, 0.2) is 18.2 Å². The Labute approximate surface area is 118 Å². The Kier molecular flexibility index (Phi) is 3.49. The zero-order valence-corrected chi connectivity index (χ0v) is 12.0. The molecule has 0 bridgehead atoms. The van der Waals surface area contributed by atoms with Gasteiger partial charge in [-0.05, 0) is 44.4 Å². The molecule has 4 nitrogen and oxygen atoms in total. The van der Waals surface area contributed by atoms with E-state index in [0.29, 0.717) is 12.2 Å². The Morgan fingerprint density at radius 3 is 3.00 bits per heavy atom. The van der Waals surface area contributed by atoms with Crippen molar-refractivity contribution in [3.63, 3.8) is 0 Å². The van der Waals surface area contributed by atoms with Crippen molar-refractivity contribution >= 4 is 16.8 Å². The fraction of sp³-hybridized carbons (Fsp3) is 0.438. The number of rotatable bonds is 2. The number of ether oxygens (including phenoxy) is 1. The number of fused-ring (bicyclic) bond motifs is 1. The highest BCUT2D eigenvalue weighted by Crippen LogP contribution is 2.22. The zero-order valence-electron chi connectivity index (χ0n) is 12.0. The molecule has 1 aromatic heterocycles. The van der Waals surface area contributed by atoms with E-state index in [2.05, 4.69) is 24.1 Å². The van der Waals surface area contributed by atoms with Gasteiger partial charge < -0.3 is 15.0 Å². The van der Waals surface area contributed by atoms with E-state index in [9.17, 15) is 4.79 Å². The van der Waals surface area contributed by atoms with Gasteiger partial charge >= 0.3 is 0 Å². The van der Waals surface area contributed by atoms with Gasteiger partial charge in [0.25, 0.3) is 5.91 Å². The van der Waals surface area contributed by atoms with Gasteiger partial charge in [-0.1, -0.05) is 6.07 Å². The van der Waals surface area contributed by atoms with E-state index in [4.69, 9.17) is 4.74 Å². The third-order valence-electron chi connectivity index (χ3n) is 4.07. The van der Waals surface area contributed by atoms with Gasteiger partial charge in [0.15, 0.2) is 0 Å². The van der Waals surface area contributed by atoms with Gasteiger partial charge in [0.1, 0.15) is 0 Å². The van der Waals surface area contributed by atoms with Crippen LogP contribution >= 0.6 is 0 Å². The molecule has 1 saturated heterocycles. The van der Waals surface area contributed by atoms with E-state index in [0.717, 1.165) is 30.7 Å². The molecule has 1 fully saturated rings. The fourth-order valence-corrected chi connectivity index (χ4v) is 2.74. The minimum atomic E-state index is -0.0210. The highest BCUT2D eigenvalue weighted by molar-refractivity contribution is 5.98. The molecule has 2 heterocycles. The molecule has 3 rings (SSSR count). The minimum Gasteiger partial charge on any atom is -0.379 e. The molecule has 1 aliphatic rings. The van der Waals surface area contributed by atoms with Crippen LogP contribution in [0.2, 0.25) is 0 Å². The Bertz CT molecular complexity index is 639.